The Morgan fingerprint density at radius 2 is 1.20 bits per heavy atom. The van der Waals surface area contributed by atoms with E-state index in [0.29, 0.717) is 17.8 Å². The molecular weight excluding hydrogens is 376 g/mol. The third kappa shape index (κ3) is 17.3. The van der Waals surface area contributed by atoms with E-state index in [-0.39, 0.29) is 18.0 Å². The van der Waals surface area contributed by atoms with Crippen molar-refractivity contribution in [2.75, 3.05) is 6.61 Å². The Bertz CT molecular complexity index is 489. The molecule has 1 rings (SSSR count). The molecule has 174 valence electrons. The van der Waals surface area contributed by atoms with Crippen molar-refractivity contribution in [3.63, 3.8) is 0 Å². The summed E-state index contributed by atoms with van der Waals surface area (Å²) in [6.07, 6.45) is 18.8. The lowest BCUT2D eigenvalue weighted by atomic mass is 9.98. The Labute approximate surface area is 185 Å². The topological polar surface area (TPSA) is 52.6 Å². The first kappa shape index (κ1) is 28.4. The number of hydrogen-bond acceptors (Lipinski definition) is 4. The highest BCUT2D eigenvalue weighted by atomic mass is 16.5. The first-order chi connectivity index (χ1) is 14.4. The Morgan fingerprint density at radius 1 is 0.733 bits per heavy atom. The number of rotatable bonds is 14. The van der Waals surface area contributed by atoms with Gasteiger partial charge in [-0.15, -0.1) is 0 Å². The molecule has 0 amide bonds. The van der Waals surface area contributed by atoms with Crippen molar-refractivity contribution in [2.45, 2.75) is 123 Å². The molecular formula is C26H46O4. The first-order valence-electron chi connectivity index (χ1n) is 12.1. The van der Waals surface area contributed by atoms with E-state index >= 15 is 0 Å². The average Bonchev–Trinajstić information content (AvgIpc) is 2.73. The van der Waals surface area contributed by atoms with Crippen LogP contribution in [0.3, 0.4) is 0 Å². The minimum absolute atomic E-state index is 0.156. The number of unbranched alkanes of at least 4 members (excludes halogenated alkanes) is 9. The lowest BCUT2D eigenvalue weighted by molar-refractivity contribution is -0.145. The summed E-state index contributed by atoms with van der Waals surface area (Å²) in [4.78, 5) is 22.2. The number of ether oxygens (including phenoxy) is 2. The van der Waals surface area contributed by atoms with Crippen molar-refractivity contribution in [3.05, 3.63) is 24.3 Å². The highest BCUT2D eigenvalue weighted by Gasteiger charge is 2.17. The van der Waals surface area contributed by atoms with Gasteiger partial charge in [0.05, 0.1) is 6.61 Å². The van der Waals surface area contributed by atoms with E-state index in [4.69, 9.17) is 9.47 Å². The third-order valence-corrected chi connectivity index (χ3v) is 5.25. The summed E-state index contributed by atoms with van der Waals surface area (Å²) in [6.45, 7) is 13.3. The van der Waals surface area contributed by atoms with Crippen molar-refractivity contribution in [1.29, 1.82) is 0 Å². The summed E-state index contributed by atoms with van der Waals surface area (Å²) in [5.41, 5.74) is 0.989. The zero-order valence-electron chi connectivity index (χ0n) is 19.9. The molecule has 4 nitrogen and oxygen atoms in total. The molecule has 0 spiro atoms. The van der Waals surface area contributed by atoms with Gasteiger partial charge in [-0.25, -0.2) is 9.59 Å². The van der Waals surface area contributed by atoms with E-state index in [1.807, 2.05) is 0 Å². The van der Waals surface area contributed by atoms with E-state index in [0.717, 1.165) is 19.3 Å². The molecule has 0 N–H and O–H groups in total. The molecule has 0 aromatic rings. The number of carbonyl (C=O) groups excluding carboxylic acids is 2. The normalized spacial score (nSPS) is 13.7. The van der Waals surface area contributed by atoms with Gasteiger partial charge in [0.2, 0.25) is 0 Å². The second kappa shape index (κ2) is 19.4. The number of hydrogen-bond donors (Lipinski definition) is 0. The molecule has 0 unspecified atom stereocenters. The van der Waals surface area contributed by atoms with Gasteiger partial charge in [-0.1, -0.05) is 84.3 Å². The van der Waals surface area contributed by atoms with Gasteiger partial charge in [-0.05, 0) is 46.0 Å². The van der Waals surface area contributed by atoms with E-state index in [1.54, 1.807) is 13.8 Å². The van der Waals surface area contributed by atoms with Gasteiger partial charge in [-0.3, -0.25) is 0 Å². The first-order valence-corrected chi connectivity index (χ1v) is 12.1. The molecule has 1 aliphatic carbocycles. The van der Waals surface area contributed by atoms with Gasteiger partial charge in [0.1, 0.15) is 6.10 Å². The van der Waals surface area contributed by atoms with Crippen molar-refractivity contribution < 1.29 is 19.1 Å². The molecule has 4 heteroatoms. The van der Waals surface area contributed by atoms with Gasteiger partial charge in [0.15, 0.2) is 0 Å². The Balaban J connectivity index is 0.000000604. The van der Waals surface area contributed by atoms with Crippen LogP contribution in [0.25, 0.3) is 0 Å². The van der Waals surface area contributed by atoms with E-state index < -0.39 is 0 Å². The molecule has 0 radical (unpaired) electrons. The molecule has 0 aromatic heterocycles. The predicted octanol–water partition coefficient (Wildman–Crippen LogP) is 7.47. The maximum atomic E-state index is 11.1. The minimum Gasteiger partial charge on any atom is -0.462 e. The lowest BCUT2D eigenvalue weighted by Crippen LogP contribution is -2.20. The minimum atomic E-state index is -0.258. The molecule has 0 aliphatic heterocycles. The van der Waals surface area contributed by atoms with Gasteiger partial charge in [0, 0.05) is 11.1 Å². The molecule has 0 atom stereocenters. The maximum absolute atomic E-state index is 11.1. The fourth-order valence-electron chi connectivity index (χ4n) is 3.31. The van der Waals surface area contributed by atoms with Crippen LogP contribution in [-0.2, 0) is 19.1 Å². The van der Waals surface area contributed by atoms with E-state index in [9.17, 15) is 9.59 Å². The summed E-state index contributed by atoms with van der Waals surface area (Å²) >= 11 is 0. The third-order valence-electron chi connectivity index (χ3n) is 5.25. The monoisotopic (exact) mass is 422 g/mol. The van der Waals surface area contributed by atoms with Crippen LogP contribution in [0.2, 0.25) is 0 Å². The fourth-order valence-corrected chi connectivity index (χ4v) is 3.31. The van der Waals surface area contributed by atoms with Crippen LogP contribution in [0.5, 0.6) is 0 Å². The smallest absolute Gasteiger partial charge is 0.333 e. The summed E-state index contributed by atoms with van der Waals surface area (Å²) in [5.74, 6) is -0.493. The van der Waals surface area contributed by atoms with E-state index in [2.05, 4.69) is 20.1 Å². The van der Waals surface area contributed by atoms with Crippen molar-refractivity contribution in [3.8, 4) is 0 Å². The molecule has 1 aliphatic rings. The standard InChI is InChI=1S/C16H30O2.C10H16O2/c1-4-5-6-7-8-9-10-11-12-13-14-18-16(17)15(2)3;1-8(2)10(11)12-9-6-4-3-5-7-9/h2,4-14H2,1,3H3;9H,1,3-7H2,2H3. The molecule has 1 fully saturated rings. The lowest BCUT2D eigenvalue weighted by Gasteiger charge is -2.21. The van der Waals surface area contributed by atoms with Crippen molar-refractivity contribution in [2.24, 2.45) is 0 Å². The van der Waals surface area contributed by atoms with Crippen LogP contribution < -0.4 is 0 Å². The fraction of sp³-hybridized carbons (Fsp3) is 0.769. The van der Waals surface area contributed by atoms with Crippen LogP contribution in [0, 0.1) is 0 Å². The second-order valence-electron chi connectivity index (χ2n) is 8.54. The van der Waals surface area contributed by atoms with Crippen LogP contribution in [0.15, 0.2) is 24.3 Å². The molecule has 0 saturated heterocycles. The molecule has 0 heterocycles. The van der Waals surface area contributed by atoms with Gasteiger partial charge in [0.25, 0.3) is 0 Å². The van der Waals surface area contributed by atoms with Crippen molar-refractivity contribution >= 4 is 11.9 Å². The van der Waals surface area contributed by atoms with Gasteiger partial charge in [-0.2, -0.15) is 0 Å². The molecule has 1 saturated carbocycles. The summed E-state index contributed by atoms with van der Waals surface area (Å²) < 4.78 is 10.3. The Morgan fingerprint density at radius 3 is 1.67 bits per heavy atom. The Hall–Kier alpha value is -1.58. The molecule has 30 heavy (non-hydrogen) atoms. The highest BCUT2D eigenvalue weighted by molar-refractivity contribution is 5.87. The van der Waals surface area contributed by atoms with Gasteiger partial charge >= 0.3 is 11.9 Å². The van der Waals surface area contributed by atoms with E-state index in [1.165, 1.54) is 77.0 Å². The summed E-state index contributed by atoms with van der Waals surface area (Å²) in [7, 11) is 0. The van der Waals surface area contributed by atoms with Gasteiger partial charge < -0.3 is 9.47 Å². The Kier molecular flexibility index (Phi) is 18.4. The summed E-state index contributed by atoms with van der Waals surface area (Å²) in [6, 6.07) is 0. The van der Waals surface area contributed by atoms with Crippen LogP contribution in [0.1, 0.15) is 117 Å². The number of carbonyl (C=O) groups is 2. The zero-order chi connectivity index (χ0) is 22.6. The average molecular weight is 423 g/mol. The SMILES string of the molecule is C=C(C)C(=O)OC1CCCCC1.C=C(C)C(=O)OCCCCCCCCCCCC. The maximum Gasteiger partial charge on any atom is 0.333 e. The largest absolute Gasteiger partial charge is 0.462 e. The predicted molar refractivity (Wildman–Crippen MR) is 125 cm³/mol. The quantitative estimate of drug-likeness (QED) is 0.165. The zero-order valence-corrected chi connectivity index (χ0v) is 19.9. The molecule has 0 aromatic carbocycles. The molecule has 0 bridgehead atoms. The van der Waals surface area contributed by atoms with Crippen LogP contribution in [-0.4, -0.2) is 24.6 Å². The summed E-state index contributed by atoms with van der Waals surface area (Å²) in [5, 5.41) is 0. The van der Waals surface area contributed by atoms with Crippen LogP contribution in [0.4, 0.5) is 0 Å². The highest BCUT2D eigenvalue weighted by Crippen LogP contribution is 2.20. The number of esters is 2. The second-order valence-corrected chi connectivity index (χ2v) is 8.54. The van der Waals surface area contributed by atoms with Crippen molar-refractivity contribution in [1.82, 2.24) is 0 Å². The van der Waals surface area contributed by atoms with Crippen LogP contribution >= 0.6 is 0 Å².